The summed E-state index contributed by atoms with van der Waals surface area (Å²) in [4.78, 5) is 6.48. The molecule has 2 N–H and O–H groups in total. The van der Waals surface area contributed by atoms with Crippen LogP contribution in [0, 0.1) is 11.3 Å². The van der Waals surface area contributed by atoms with Gasteiger partial charge >= 0.3 is 0 Å². The van der Waals surface area contributed by atoms with E-state index in [1.807, 2.05) is 74.5 Å². The summed E-state index contributed by atoms with van der Waals surface area (Å²) in [5.41, 5.74) is 9.71. The third kappa shape index (κ3) is 4.10. The first-order valence-electron chi connectivity index (χ1n) is 8.69. The number of hydrogen-bond donors (Lipinski definition) is 1. The molecule has 0 atom stereocenters. The van der Waals surface area contributed by atoms with Crippen LogP contribution in [0.15, 0.2) is 48.8 Å². The van der Waals surface area contributed by atoms with E-state index < -0.39 is 0 Å². The molecular weight excluding hydrogens is 338 g/mol. The minimum Gasteiger partial charge on any atom is -0.492 e. The van der Waals surface area contributed by atoms with Crippen LogP contribution in [0.3, 0.4) is 0 Å². The first kappa shape index (κ1) is 18.5. The van der Waals surface area contributed by atoms with Crippen LogP contribution in [0.1, 0.15) is 5.56 Å². The van der Waals surface area contributed by atoms with Crippen molar-refractivity contribution in [1.29, 1.82) is 5.26 Å². The van der Waals surface area contributed by atoms with E-state index in [-0.39, 0.29) is 5.82 Å². The fraction of sp³-hybridized carbons (Fsp3) is 0.238. The van der Waals surface area contributed by atoms with Crippen molar-refractivity contribution < 1.29 is 4.74 Å². The van der Waals surface area contributed by atoms with Crippen molar-refractivity contribution in [2.45, 2.75) is 0 Å². The zero-order valence-electron chi connectivity index (χ0n) is 15.8. The highest BCUT2D eigenvalue weighted by atomic mass is 16.5. The number of nitriles is 1. The molecule has 0 radical (unpaired) electrons. The third-order valence-electron chi connectivity index (χ3n) is 4.26. The van der Waals surface area contributed by atoms with Crippen LogP contribution in [0.4, 0.5) is 5.82 Å². The Morgan fingerprint density at radius 2 is 2.00 bits per heavy atom. The molecule has 0 unspecified atom stereocenters. The first-order valence-corrected chi connectivity index (χ1v) is 8.69. The van der Waals surface area contributed by atoms with Crippen molar-refractivity contribution in [3.8, 4) is 34.2 Å². The molecule has 0 aliphatic rings. The van der Waals surface area contributed by atoms with E-state index in [1.165, 1.54) is 0 Å². The lowest BCUT2D eigenvalue weighted by atomic mass is 9.98. The van der Waals surface area contributed by atoms with Gasteiger partial charge in [-0.2, -0.15) is 5.26 Å². The van der Waals surface area contributed by atoms with Gasteiger partial charge in [-0.05, 0) is 32.3 Å². The largest absolute Gasteiger partial charge is 0.492 e. The molecule has 0 aliphatic heterocycles. The molecule has 0 amide bonds. The number of benzene rings is 1. The van der Waals surface area contributed by atoms with Crippen LogP contribution in [-0.2, 0) is 7.05 Å². The lowest BCUT2D eigenvalue weighted by Crippen LogP contribution is -2.19. The predicted octanol–water partition coefficient (Wildman–Crippen LogP) is 3.15. The van der Waals surface area contributed by atoms with E-state index in [4.69, 9.17) is 10.5 Å². The van der Waals surface area contributed by atoms with Crippen molar-refractivity contribution in [3.63, 3.8) is 0 Å². The van der Waals surface area contributed by atoms with Crippen LogP contribution in [-0.4, -0.2) is 41.7 Å². The number of likely N-dealkylation sites (N-methyl/N-ethyl adjacent to an activating group) is 1. The van der Waals surface area contributed by atoms with Gasteiger partial charge in [-0.3, -0.25) is 0 Å². The number of nitrogens with zero attached hydrogens (tertiary/aromatic N) is 4. The zero-order chi connectivity index (χ0) is 19.4. The smallest absolute Gasteiger partial charge is 0.142 e. The molecule has 27 heavy (non-hydrogen) atoms. The molecule has 0 fully saturated rings. The summed E-state index contributed by atoms with van der Waals surface area (Å²) in [5, 5.41) is 9.64. The normalized spacial score (nSPS) is 10.8. The standard InChI is InChI=1S/C21H23N5O/c1-25(2)10-11-27-20-7-5-4-6-16(20)17-12-19(15-8-9-26(3)14-15)24-21(23)18(17)13-22/h4-9,12,14H,10-11H2,1-3H3,(H2,23,24). The second kappa shape index (κ2) is 7.94. The number of pyridine rings is 1. The summed E-state index contributed by atoms with van der Waals surface area (Å²) in [7, 11) is 5.95. The molecule has 138 valence electrons. The van der Waals surface area contributed by atoms with Gasteiger partial charge in [-0.1, -0.05) is 18.2 Å². The zero-order valence-corrected chi connectivity index (χ0v) is 15.8. The molecule has 3 aromatic rings. The molecular formula is C21H23N5O. The quantitative estimate of drug-likeness (QED) is 0.729. The topological polar surface area (TPSA) is 80.1 Å². The van der Waals surface area contributed by atoms with E-state index in [2.05, 4.69) is 16.0 Å². The maximum atomic E-state index is 9.64. The van der Waals surface area contributed by atoms with Gasteiger partial charge in [0.05, 0.1) is 5.69 Å². The van der Waals surface area contributed by atoms with Crippen molar-refractivity contribution in [1.82, 2.24) is 14.5 Å². The molecule has 3 rings (SSSR count). The number of anilines is 1. The number of aryl methyl sites for hydroxylation is 1. The fourth-order valence-corrected chi connectivity index (χ4v) is 2.85. The number of ether oxygens (including phenoxy) is 1. The van der Waals surface area contributed by atoms with Crippen LogP contribution in [0.25, 0.3) is 22.4 Å². The average molecular weight is 361 g/mol. The summed E-state index contributed by atoms with van der Waals surface area (Å²) in [6.45, 7) is 1.35. The first-order chi connectivity index (χ1) is 13.0. The molecule has 2 aromatic heterocycles. The van der Waals surface area contributed by atoms with Gasteiger partial charge in [0, 0.05) is 42.7 Å². The van der Waals surface area contributed by atoms with Gasteiger partial charge in [0.1, 0.15) is 29.8 Å². The summed E-state index contributed by atoms with van der Waals surface area (Å²) < 4.78 is 7.92. The highest BCUT2D eigenvalue weighted by Gasteiger charge is 2.17. The minimum atomic E-state index is 0.219. The molecule has 0 saturated carbocycles. The van der Waals surface area contributed by atoms with Crippen LogP contribution in [0.5, 0.6) is 5.75 Å². The Morgan fingerprint density at radius 1 is 1.22 bits per heavy atom. The Morgan fingerprint density at radius 3 is 2.67 bits per heavy atom. The molecule has 1 aromatic carbocycles. The van der Waals surface area contributed by atoms with Crippen molar-refractivity contribution in [2.24, 2.45) is 7.05 Å². The Bertz CT molecular complexity index is 984. The minimum absolute atomic E-state index is 0.219. The third-order valence-corrected chi connectivity index (χ3v) is 4.26. The fourth-order valence-electron chi connectivity index (χ4n) is 2.85. The number of aromatic nitrogens is 2. The van der Waals surface area contributed by atoms with E-state index in [0.29, 0.717) is 12.2 Å². The van der Waals surface area contributed by atoms with Gasteiger partial charge in [0.15, 0.2) is 0 Å². The summed E-state index contributed by atoms with van der Waals surface area (Å²) >= 11 is 0. The SMILES string of the molecule is CN(C)CCOc1ccccc1-c1cc(-c2ccn(C)c2)nc(N)c1C#N. The summed E-state index contributed by atoms with van der Waals surface area (Å²) in [6, 6.07) is 13.8. The Hall–Kier alpha value is -3.30. The van der Waals surface area contributed by atoms with Crippen molar-refractivity contribution in [2.75, 3.05) is 33.0 Å². The summed E-state index contributed by atoms with van der Waals surface area (Å²) in [5.74, 6) is 0.942. The Kier molecular flexibility index (Phi) is 5.43. The molecule has 2 heterocycles. The molecule has 0 bridgehead atoms. The molecule has 0 saturated heterocycles. The second-order valence-electron chi connectivity index (χ2n) is 6.64. The lowest BCUT2D eigenvalue weighted by molar-refractivity contribution is 0.262. The number of nitrogens with two attached hydrogens (primary N) is 1. The molecule has 0 aliphatic carbocycles. The predicted molar refractivity (Wildman–Crippen MR) is 107 cm³/mol. The Balaban J connectivity index is 2.08. The van der Waals surface area contributed by atoms with Crippen LogP contribution in [0.2, 0.25) is 0 Å². The highest BCUT2D eigenvalue weighted by molar-refractivity contribution is 5.82. The number of para-hydroxylation sites is 1. The molecule has 6 nitrogen and oxygen atoms in total. The summed E-state index contributed by atoms with van der Waals surface area (Å²) in [6.07, 6.45) is 3.92. The second-order valence-corrected chi connectivity index (χ2v) is 6.64. The number of nitrogen functional groups attached to an aromatic ring is 1. The Labute approximate surface area is 159 Å². The van der Waals surface area contributed by atoms with Gasteiger partial charge in [-0.15, -0.1) is 0 Å². The highest BCUT2D eigenvalue weighted by Crippen LogP contribution is 2.36. The van der Waals surface area contributed by atoms with E-state index in [1.54, 1.807) is 0 Å². The van der Waals surface area contributed by atoms with E-state index >= 15 is 0 Å². The van der Waals surface area contributed by atoms with Gasteiger partial charge in [0.25, 0.3) is 0 Å². The van der Waals surface area contributed by atoms with Gasteiger partial charge in [-0.25, -0.2) is 4.98 Å². The van der Waals surface area contributed by atoms with E-state index in [9.17, 15) is 5.26 Å². The number of rotatable bonds is 6. The maximum absolute atomic E-state index is 9.64. The van der Waals surface area contributed by atoms with Crippen LogP contribution >= 0.6 is 0 Å². The van der Waals surface area contributed by atoms with Gasteiger partial charge in [0.2, 0.25) is 0 Å². The lowest BCUT2D eigenvalue weighted by Gasteiger charge is -2.16. The number of hydrogen-bond acceptors (Lipinski definition) is 5. The maximum Gasteiger partial charge on any atom is 0.142 e. The van der Waals surface area contributed by atoms with E-state index in [0.717, 1.165) is 34.7 Å². The van der Waals surface area contributed by atoms with Crippen LogP contribution < -0.4 is 10.5 Å². The molecule has 6 heteroatoms. The van der Waals surface area contributed by atoms with Crippen molar-refractivity contribution >= 4 is 5.82 Å². The van der Waals surface area contributed by atoms with Crippen molar-refractivity contribution in [3.05, 3.63) is 54.4 Å². The monoisotopic (exact) mass is 361 g/mol. The average Bonchev–Trinajstić information content (AvgIpc) is 3.07. The molecule has 0 spiro atoms. The van der Waals surface area contributed by atoms with Gasteiger partial charge < -0.3 is 19.9 Å².